The number of ketones is 1. The van der Waals surface area contributed by atoms with Crippen LogP contribution in [-0.2, 0) is 30.3 Å². The van der Waals surface area contributed by atoms with E-state index in [1.54, 1.807) is 0 Å². The van der Waals surface area contributed by atoms with Crippen molar-refractivity contribution < 1.29 is 9.90 Å². The van der Waals surface area contributed by atoms with Crippen LogP contribution in [-0.4, -0.2) is 20.0 Å². The highest BCUT2D eigenvalue weighted by Gasteiger charge is 2.29. The van der Waals surface area contributed by atoms with E-state index in [-0.39, 0.29) is 28.9 Å². The minimum Gasteiger partial charge on any atom is -0.507 e. The number of imidazole rings is 1. The molecule has 0 aliphatic carbocycles. The summed E-state index contributed by atoms with van der Waals surface area (Å²) in [5.74, 6) is 1.62. The zero-order valence-corrected chi connectivity index (χ0v) is 23.0. The van der Waals surface area contributed by atoms with Crippen LogP contribution in [0.4, 0.5) is 0 Å². The van der Waals surface area contributed by atoms with Gasteiger partial charge < -0.3 is 14.2 Å². The molecule has 0 bridgehead atoms. The number of carbonyl (C=O) groups is 1. The van der Waals surface area contributed by atoms with E-state index in [0.29, 0.717) is 17.1 Å². The first-order chi connectivity index (χ1) is 15.8. The molecule has 1 aliphatic heterocycles. The molecule has 3 rings (SSSR count). The number of phenols is 1. The first-order valence-corrected chi connectivity index (χ1v) is 13.0. The Bertz CT molecular complexity index is 1070. The Morgan fingerprint density at radius 2 is 1.68 bits per heavy atom. The number of rotatable bonds is 7. The lowest BCUT2D eigenvalue weighted by Gasteiger charge is -2.28. The van der Waals surface area contributed by atoms with Gasteiger partial charge in [0.2, 0.25) is 5.62 Å². The highest BCUT2D eigenvalue weighted by Crippen LogP contribution is 2.40. The van der Waals surface area contributed by atoms with Gasteiger partial charge in [0.05, 0.1) is 6.54 Å². The van der Waals surface area contributed by atoms with Crippen molar-refractivity contribution >= 4 is 17.6 Å². The van der Waals surface area contributed by atoms with E-state index in [0.717, 1.165) is 30.0 Å². The maximum Gasteiger partial charge on any atom is 0.223 e. The Morgan fingerprint density at radius 3 is 2.15 bits per heavy atom. The third kappa shape index (κ3) is 5.45. The van der Waals surface area contributed by atoms with Crippen LogP contribution < -0.4 is 5.62 Å². The van der Waals surface area contributed by atoms with Crippen molar-refractivity contribution in [3.8, 4) is 5.75 Å². The minimum absolute atomic E-state index is 0.0135. The van der Waals surface area contributed by atoms with E-state index in [1.165, 1.54) is 25.0 Å². The zero-order valence-electron chi connectivity index (χ0n) is 22.2. The molecule has 0 amide bonds. The van der Waals surface area contributed by atoms with Crippen LogP contribution in [0.5, 0.6) is 5.75 Å². The van der Waals surface area contributed by atoms with Crippen molar-refractivity contribution in [3.63, 3.8) is 0 Å². The van der Waals surface area contributed by atoms with Gasteiger partial charge in [-0.25, -0.2) is 0 Å². The summed E-state index contributed by atoms with van der Waals surface area (Å²) in [6, 6.07) is 3.70. The maximum absolute atomic E-state index is 13.5. The molecule has 1 aromatic carbocycles. The molecule has 1 aromatic heterocycles. The van der Waals surface area contributed by atoms with Gasteiger partial charge >= 0.3 is 0 Å². The van der Waals surface area contributed by atoms with Gasteiger partial charge in [0.1, 0.15) is 5.75 Å². The molecule has 6 heteroatoms. The smallest absolute Gasteiger partial charge is 0.223 e. The van der Waals surface area contributed by atoms with Crippen LogP contribution in [0.25, 0.3) is 0 Å². The SMILES string of the molecule is CCC(CC)CC1Cc2cn(CC(=O)c3cc(C(C)(C)C)c(O)c(C(C)(C)C)c3)/c(=N\Cl)n2C1. The van der Waals surface area contributed by atoms with Crippen LogP contribution in [0.2, 0.25) is 0 Å². The third-order valence-corrected chi connectivity index (χ3v) is 7.50. The number of carbonyl (C=O) groups excluding carboxylic acids is 1. The van der Waals surface area contributed by atoms with Crippen molar-refractivity contribution in [2.45, 2.75) is 105 Å². The number of aromatic nitrogens is 2. The van der Waals surface area contributed by atoms with Crippen LogP contribution >= 0.6 is 11.8 Å². The predicted molar refractivity (Wildman–Crippen MR) is 140 cm³/mol. The number of phenolic OH excluding ortho intramolecular Hbond substituents is 1. The number of aromatic hydroxyl groups is 1. The normalized spacial score (nSPS) is 17.0. The van der Waals surface area contributed by atoms with Gasteiger partial charge in [-0.1, -0.05) is 68.2 Å². The predicted octanol–water partition coefficient (Wildman–Crippen LogP) is 6.53. The van der Waals surface area contributed by atoms with Gasteiger partial charge in [-0.2, -0.15) is 0 Å². The quantitative estimate of drug-likeness (QED) is 0.451. The molecule has 188 valence electrons. The summed E-state index contributed by atoms with van der Waals surface area (Å²) in [6.07, 6.45) is 6.68. The Hall–Kier alpha value is -2.01. The van der Waals surface area contributed by atoms with E-state index in [1.807, 2.05) is 22.9 Å². The van der Waals surface area contributed by atoms with Crippen LogP contribution in [0.15, 0.2) is 22.8 Å². The molecule has 5 nitrogen and oxygen atoms in total. The van der Waals surface area contributed by atoms with E-state index in [4.69, 9.17) is 11.8 Å². The largest absolute Gasteiger partial charge is 0.507 e. The second kappa shape index (κ2) is 9.93. The van der Waals surface area contributed by atoms with Crippen LogP contribution in [0.3, 0.4) is 0 Å². The summed E-state index contributed by atoms with van der Waals surface area (Å²) in [5.41, 5.74) is 3.45. The van der Waals surface area contributed by atoms with Crippen molar-refractivity contribution in [2.24, 2.45) is 16.3 Å². The highest BCUT2D eigenvalue weighted by molar-refractivity contribution is 6.14. The van der Waals surface area contributed by atoms with Gasteiger partial charge in [-0.3, -0.25) is 4.79 Å². The van der Waals surface area contributed by atoms with Crippen LogP contribution in [0.1, 0.15) is 102 Å². The van der Waals surface area contributed by atoms with Crippen molar-refractivity contribution in [1.82, 2.24) is 9.13 Å². The van der Waals surface area contributed by atoms with Crippen molar-refractivity contribution in [1.29, 1.82) is 0 Å². The van der Waals surface area contributed by atoms with Gasteiger partial charge in [0.25, 0.3) is 0 Å². The lowest BCUT2D eigenvalue weighted by Crippen LogP contribution is -2.29. The number of nitrogens with zero attached hydrogens (tertiary/aromatic N) is 3. The summed E-state index contributed by atoms with van der Waals surface area (Å²) in [4.78, 5) is 13.5. The maximum atomic E-state index is 13.5. The molecular formula is C28H42ClN3O2. The number of fused-ring (bicyclic) bond motifs is 1. The molecule has 2 aromatic rings. The molecule has 2 heterocycles. The van der Waals surface area contributed by atoms with E-state index in [2.05, 4.69) is 64.5 Å². The Labute approximate surface area is 210 Å². The van der Waals surface area contributed by atoms with Gasteiger partial charge in [-0.15, -0.1) is 4.51 Å². The van der Waals surface area contributed by atoms with E-state index >= 15 is 0 Å². The average Bonchev–Trinajstić information content (AvgIpc) is 3.26. The van der Waals surface area contributed by atoms with Crippen molar-refractivity contribution in [3.05, 3.63) is 46.3 Å². The lowest BCUT2D eigenvalue weighted by atomic mass is 9.78. The fourth-order valence-electron chi connectivity index (χ4n) is 5.22. The summed E-state index contributed by atoms with van der Waals surface area (Å²) in [5, 5.41) is 11.0. The summed E-state index contributed by atoms with van der Waals surface area (Å²) in [7, 11) is 0. The molecule has 1 aliphatic rings. The molecule has 0 saturated carbocycles. The molecule has 0 spiro atoms. The fourth-order valence-corrected chi connectivity index (χ4v) is 5.41. The molecule has 1 unspecified atom stereocenters. The van der Waals surface area contributed by atoms with Crippen LogP contribution in [0, 0.1) is 11.8 Å². The number of hydrogen-bond acceptors (Lipinski definition) is 3. The molecule has 1 N–H and O–H groups in total. The fraction of sp³-hybridized carbons (Fsp3) is 0.643. The topological polar surface area (TPSA) is 59.5 Å². The lowest BCUT2D eigenvalue weighted by molar-refractivity contribution is 0.0970. The standard InChI is InChI=1S/C28H42ClN3O2/c1-9-18(10-2)11-19-12-21-16-31(26(30-29)32(21)15-19)17-24(33)20-13-22(27(3,4)5)25(34)23(14-20)28(6,7)8/h13-14,16,18-19,34H,9-12,15,17H2,1-8H3/b30-26+. The second-order valence-electron chi connectivity index (χ2n) is 12.1. The molecule has 0 radical (unpaired) electrons. The molecule has 1 atom stereocenters. The number of halogens is 1. The van der Waals surface area contributed by atoms with E-state index < -0.39 is 0 Å². The first kappa shape index (κ1) is 26.6. The zero-order chi connectivity index (χ0) is 25.4. The Kier molecular flexibility index (Phi) is 7.76. The minimum atomic E-state index is -0.286. The molecule has 34 heavy (non-hydrogen) atoms. The molecular weight excluding hydrogens is 446 g/mol. The number of hydrogen-bond donors (Lipinski definition) is 1. The van der Waals surface area contributed by atoms with Crippen molar-refractivity contribution in [2.75, 3.05) is 0 Å². The summed E-state index contributed by atoms with van der Waals surface area (Å²) in [6.45, 7) is 17.9. The average molecular weight is 488 g/mol. The molecule has 0 fully saturated rings. The summed E-state index contributed by atoms with van der Waals surface area (Å²) < 4.78 is 8.08. The van der Waals surface area contributed by atoms with E-state index in [9.17, 15) is 9.90 Å². The Balaban J connectivity index is 1.91. The van der Waals surface area contributed by atoms with Gasteiger partial charge in [-0.05, 0) is 47.6 Å². The number of benzene rings is 1. The first-order valence-electron chi connectivity index (χ1n) is 12.6. The van der Waals surface area contributed by atoms with Gasteiger partial charge in [0.15, 0.2) is 5.78 Å². The molecule has 0 saturated heterocycles. The Morgan fingerprint density at radius 1 is 1.12 bits per heavy atom. The second-order valence-corrected chi connectivity index (χ2v) is 12.2. The number of Topliss-reactive ketones (excluding diaryl/α,β-unsaturated/α-hetero) is 1. The summed E-state index contributed by atoms with van der Waals surface area (Å²) >= 11 is 6.02. The van der Waals surface area contributed by atoms with Gasteiger partial charge in [0, 0.05) is 46.9 Å². The highest BCUT2D eigenvalue weighted by atomic mass is 35.5. The third-order valence-electron chi connectivity index (χ3n) is 7.35. The monoisotopic (exact) mass is 487 g/mol.